The number of aryl methyl sites for hydroxylation is 1. The van der Waals surface area contributed by atoms with Crippen LogP contribution >= 0.6 is 11.8 Å². The van der Waals surface area contributed by atoms with Crippen molar-refractivity contribution in [2.24, 2.45) is 0 Å². The molecule has 4 nitrogen and oxygen atoms in total. The normalized spacial score (nSPS) is 14.1. The van der Waals surface area contributed by atoms with Crippen molar-refractivity contribution < 1.29 is 13.2 Å². The molecular weight excluding hydrogens is 325 g/mol. The molecule has 1 aliphatic rings. The van der Waals surface area contributed by atoms with Gasteiger partial charge in [0, 0.05) is 16.3 Å². The Morgan fingerprint density at radius 3 is 2.78 bits per heavy atom. The molecule has 0 amide bonds. The van der Waals surface area contributed by atoms with Gasteiger partial charge >= 0.3 is 6.18 Å². The maximum Gasteiger partial charge on any atom is 0.450 e. The summed E-state index contributed by atoms with van der Waals surface area (Å²) in [6.45, 7) is 1.74. The number of fused-ring (bicyclic) bond motifs is 2. The third-order valence-electron chi connectivity index (χ3n) is 3.61. The van der Waals surface area contributed by atoms with Crippen LogP contribution in [-0.4, -0.2) is 20.4 Å². The quantitative estimate of drug-likeness (QED) is 0.722. The van der Waals surface area contributed by atoms with Gasteiger partial charge in [0.2, 0.25) is 5.82 Å². The lowest BCUT2D eigenvalue weighted by Gasteiger charge is -2.12. The zero-order chi connectivity index (χ0) is 16.2. The van der Waals surface area contributed by atoms with Gasteiger partial charge in [0.05, 0.1) is 11.6 Å². The van der Waals surface area contributed by atoms with Crippen LogP contribution in [0, 0.1) is 6.92 Å². The van der Waals surface area contributed by atoms with Gasteiger partial charge in [-0.3, -0.25) is 4.57 Å². The van der Waals surface area contributed by atoms with E-state index >= 15 is 0 Å². The van der Waals surface area contributed by atoms with Gasteiger partial charge in [0.25, 0.3) is 0 Å². The number of thioether (sulfide) groups is 1. The van der Waals surface area contributed by atoms with E-state index in [1.165, 1.54) is 0 Å². The number of nitrogens with one attached hydrogen (secondary N) is 1. The molecule has 0 aliphatic carbocycles. The molecular formula is C15H11F3N4S. The van der Waals surface area contributed by atoms with Crippen molar-refractivity contribution in [3.63, 3.8) is 0 Å². The summed E-state index contributed by atoms with van der Waals surface area (Å²) in [6, 6.07) is 8.39. The van der Waals surface area contributed by atoms with Crippen molar-refractivity contribution in [2.75, 3.05) is 11.2 Å². The fourth-order valence-electron chi connectivity index (χ4n) is 2.59. The van der Waals surface area contributed by atoms with Crippen LogP contribution in [0.15, 0.2) is 35.2 Å². The number of nitrogens with zero attached hydrogens (tertiary/aromatic N) is 3. The fraction of sp³-hybridized carbons (Fsp3) is 0.200. The largest absolute Gasteiger partial charge is 0.450 e. The maximum atomic E-state index is 13.4. The first kappa shape index (κ1) is 14.4. The van der Waals surface area contributed by atoms with E-state index in [4.69, 9.17) is 0 Å². The molecule has 23 heavy (non-hydrogen) atoms. The second-order valence-corrected chi connectivity index (χ2v) is 6.23. The molecule has 3 aromatic rings. The lowest BCUT2D eigenvalue weighted by atomic mass is 10.2. The number of aromatic nitrogens is 3. The smallest absolute Gasteiger partial charge is 0.375 e. The summed E-state index contributed by atoms with van der Waals surface area (Å²) in [5.74, 6) is -0.242. The van der Waals surface area contributed by atoms with Gasteiger partial charge in [-0.25, -0.2) is 9.97 Å². The van der Waals surface area contributed by atoms with Crippen molar-refractivity contribution in [1.29, 1.82) is 0 Å². The monoisotopic (exact) mass is 336 g/mol. The molecule has 0 spiro atoms. The van der Waals surface area contributed by atoms with E-state index in [-0.39, 0.29) is 11.2 Å². The third kappa shape index (κ3) is 2.33. The lowest BCUT2D eigenvalue weighted by molar-refractivity contribution is -0.145. The maximum absolute atomic E-state index is 13.4. The van der Waals surface area contributed by atoms with E-state index < -0.39 is 12.0 Å². The molecule has 118 valence electrons. The van der Waals surface area contributed by atoms with E-state index in [1.807, 2.05) is 0 Å². The molecule has 1 aliphatic heterocycles. The number of hydrogen-bond acceptors (Lipinski definition) is 4. The van der Waals surface area contributed by atoms with Crippen LogP contribution < -0.4 is 5.32 Å². The second-order valence-electron chi connectivity index (χ2n) is 5.21. The van der Waals surface area contributed by atoms with Crippen molar-refractivity contribution >= 4 is 28.6 Å². The summed E-state index contributed by atoms with van der Waals surface area (Å²) in [4.78, 5) is 8.93. The average Bonchev–Trinajstić information content (AvgIpc) is 3.08. The first-order valence-corrected chi connectivity index (χ1v) is 7.86. The van der Waals surface area contributed by atoms with Gasteiger partial charge in [-0.2, -0.15) is 13.2 Å². The number of imidazole rings is 1. The van der Waals surface area contributed by atoms with Crippen LogP contribution in [0.5, 0.6) is 0 Å². The topological polar surface area (TPSA) is 42.7 Å². The number of anilines is 1. The highest BCUT2D eigenvalue weighted by molar-refractivity contribution is 7.99. The van der Waals surface area contributed by atoms with E-state index in [1.54, 1.807) is 49.0 Å². The molecule has 0 unspecified atom stereocenters. The average molecular weight is 336 g/mol. The van der Waals surface area contributed by atoms with Crippen LogP contribution in [0.2, 0.25) is 0 Å². The van der Waals surface area contributed by atoms with Crippen LogP contribution in [0.25, 0.3) is 16.9 Å². The van der Waals surface area contributed by atoms with Crippen molar-refractivity contribution in [3.05, 3.63) is 41.9 Å². The standard InChI is InChI=1S/C15H11F3N4S/c1-8-2-4-11-13(20-8)22(14(21-11)15(16,17)18)9-3-5-10-12(6-9)23-7-19-10/h2-6,19H,7H2,1H3. The summed E-state index contributed by atoms with van der Waals surface area (Å²) < 4.78 is 41.3. The van der Waals surface area contributed by atoms with Crippen LogP contribution in [0.1, 0.15) is 11.5 Å². The summed E-state index contributed by atoms with van der Waals surface area (Å²) in [5.41, 5.74) is 2.43. The van der Waals surface area contributed by atoms with E-state index in [0.29, 0.717) is 17.3 Å². The number of hydrogen-bond donors (Lipinski definition) is 1. The molecule has 1 N–H and O–H groups in total. The Bertz CT molecular complexity index is 917. The molecule has 2 aromatic heterocycles. The van der Waals surface area contributed by atoms with Gasteiger partial charge in [0.15, 0.2) is 5.65 Å². The molecule has 0 saturated heterocycles. The highest BCUT2D eigenvalue weighted by atomic mass is 32.2. The summed E-state index contributed by atoms with van der Waals surface area (Å²) in [7, 11) is 0. The molecule has 3 heterocycles. The number of alkyl halides is 3. The second kappa shape index (κ2) is 4.89. The highest BCUT2D eigenvalue weighted by Crippen LogP contribution is 2.38. The Morgan fingerprint density at radius 2 is 2.00 bits per heavy atom. The van der Waals surface area contributed by atoms with Gasteiger partial charge in [-0.05, 0) is 37.3 Å². The summed E-state index contributed by atoms with van der Waals surface area (Å²) in [5, 5.41) is 3.16. The third-order valence-corrected chi connectivity index (χ3v) is 4.55. The van der Waals surface area contributed by atoms with Gasteiger partial charge in [-0.1, -0.05) is 0 Å². The first-order chi connectivity index (χ1) is 10.9. The molecule has 1 aromatic carbocycles. The van der Waals surface area contributed by atoms with Gasteiger partial charge in [0.1, 0.15) is 5.52 Å². The van der Waals surface area contributed by atoms with Crippen LogP contribution in [-0.2, 0) is 6.18 Å². The fourth-order valence-corrected chi connectivity index (χ4v) is 3.48. The van der Waals surface area contributed by atoms with Gasteiger partial charge < -0.3 is 5.32 Å². The minimum atomic E-state index is -4.56. The Kier molecular flexibility index (Phi) is 3.06. The lowest BCUT2D eigenvalue weighted by Crippen LogP contribution is -2.14. The molecule has 0 fully saturated rings. The van der Waals surface area contributed by atoms with Crippen molar-refractivity contribution in [3.8, 4) is 5.69 Å². The van der Waals surface area contributed by atoms with Crippen molar-refractivity contribution in [2.45, 2.75) is 18.0 Å². The summed E-state index contributed by atoms with van der Waals surface area (Å²) >= 11 is 1.55. The Labute approximate surface area is 133 Å². The molecule has 0 radical (unpaired) electrons. The minimum absolute atomic E-state index is 0.216. The number of rotatable bonds is 1. The molecule has 0 atom stereocenters. The number of benzene rings is 1. The van der Waals surface area contributed by atoms with Crippen molar-refractivity contribution in [1.82, 2.24) is 14.5 Å². The van der Waals surface area contributed by atoms with E-state index in [9.17, 15) is 13.2 Å². The molecule has 0 bridgehead atoms. The van der Waals surface area contributed by atoms with Gasteiger partial charge in [-0.15, -0.1) is 11.8 Å². The molecule has 0 saturated carbocycles. The van der Waals surface area contributed by atoms with E-state index in [0.717, 1.165) is 15.1 Å². The first-order valence-electron chi connectivity index (χ1n) is 6.88. The zero-order valence-electron chi connectivity index (χ0n) is 12.0. The molecule has 4 rings (SSSR count). The number of halogens is 3. The number of pyridine rings is 1. The minimum Gasteiger partial charge on any atom is -0.375 e. The Hall–Kier alpha value is -2.22. The Balaban J connectivity index is 2.02. The van der Waals surface area contributed by atoms with Crippen LogP contribution in [0.3, 0.4) is 0 Å². The predicted molar refractivity (Wildman–Crippen MR) is 83.0 cm³/mol. The summed E-state index contributed by atoms with van der Waals surface area (Å²) in [6.07, 6.45) is -4.56. The SMILES string of the molecule is Cc1ccc2nc(C(F)(F)F)n(-c3ccc4c(c3)SCN4)c2n1. The zero-order valence-corrected chi connectivity index (χ0v) is 12.8. The highest BCUT2D eigenvalue weighted by Gasteiger charge is 2.38. The van der Waals surface area contributed by atoms with E-state index in [2.05, 4.69) is 15.3 Å². The Morgan fingerprint density at radius 1 is 1.17 bits per heavy atom. The molecule has 8 heteroatoms. The van der Waals surface area contributed by atoms with Crippen LogP contribution in [0.4, 0.5) is 18.9 Å². The predicted octanol–water partition coefficient (Wildman–Crippen LogP) is 4.22.